The van der Waals surface area contributed by atoms with Crippen molar-refractivity contribution >= 4 is 5.91 Å². The molecule has 0 atom stereocenters. The van der Waals surface area contributed by atoms with Gasteiger partial charge < -0.3 is 10.1 Å². The van der Waals surface area contributed by atoms with Crippen molar-refractivity contribution in [3.63, 3.8) is 0 Å². The molecule has 1 aromatic carbocycles. The Morgan fingerprint density at radius 1 is 1.37 bits per heavy atom. The van der Waals surface area contributed by atoms with Gasteiger partial charge in [-0.25, -0.2) is 0 Å². The first-order chi connectivity index (χ1) is 9.19. The molecule has 0 bridgehead atoms. The average molecular weight is 260 g/mol. The fourth-order valence-corrected chi connectivity index (χ4v) is 1.65. The highest BCUT2D eigenvalue weighted by molar-refractivity contribution is 5.91. The van der Waals surface area contributed by atoms with E-state index >= 15 is 0 Å². The molecule has 0 spiro atoms. The Bertz CT molecular complexity index is 548. The fraction of sp³-hybridized carbons (Fsp3) is 0.308. The summed E-state index contributed by atoms with van der Waals surface area (Å²) < 4.78 is 6.58. The zero-order chi connectivity index (χ0) is 13.7. The summed E-state index contributed by atoms with van der Waals surface area (Å²) >= 11 is 0. The van der Waals surface area contributed by atoms with E-state index in [0.717, 1.165) is 17.7 Å². The molecule has 1 aromatic heterocycles. The zero-order valence-electron chi connectivity index (χ0n) is 11.0. The first-order valence-electron chi connectivity index (χ1n) is 5.96. The van der Waals surface area contributed by atoms with Gasteiger partial charge in [-0.15, -0.1) is 5.10 Å². The van der Waals surface area contributed by atoms with Gasteiger partial charge in [-0.05, 0) is 24.1 Å². The lowest BCUT2D eigenvalue weighted by Gasteiger charge is -2.04. The van der Waals surface area contributed by atoms with Gasteiger partial charge >= 0.3 is 0 Å². The third kappa shape index (κ3) is 3.54. The molecule has 0 saturated heterocycles. The van der Waals surface area contributed by atoms with Crippen LogP contribution in [0.25, 0.3) is 0 Å². The fourth-order valence-electron chi connectivity index (χ4n) is 1.65. The van der Waals surface area contributed by atoms with E-state index in [1.54, 1.807) is 20.4 Å². The van der Waals surface area contributed by atoms with E-state index in [0.29, 0.717) is 12.2 Å². The van der Waals surface area contributed by atoms with Crippen LogP contribution >= 0.6 is 0 Å². The molecule has 0 aliphatic heterocycles. The van der Waals surface area contributed by atoms with Crippen molar-refractivity contribution in [2.45, 2.75) is 6.42 Å². The third-order valence-electron chi connectivity index (χ3n) is 2.69. The summed E-state index contributed by atoms with van der Waals surface area (Å²) in [6, 6.07) is 7.76. The predicted molar refractivity (Wildman–Crippen MR) is 70.0 cm³/mol. The number of amides is 1. The number of hydrogen-bond acceptors (Lipinski definition) is 4. The van der Waals surface area contributed by atoms with E-state index in [4.69, 9.17) is 4.74 Å². The second kappa shape index (κ2) is 5.99. The first-order valence-corrected chi connectivity index (χ1v) is 5.96. The summed E-state index contributed by atoms with van der Waals surface area (Å²) in [5.41, 5.74) is 1.47. The molecule has 1 amide bonds. The van der Waals surface area contributed by atoms with Gasteiger partial charge in [-0.2, -0.15) is 0 Å². The molecule has 100 valence electrons. The lowest BCUT2D eigenvalue weighted by Crippen LogP contribution is -2.26. The molecule has 0 saturated carbocycles. The van der Waals surface area contributed by atoms with Crippen molar-refractivity contribution in [1.82, 2.24) is 20.3 Å². The molecular weight excluding hydrogens is 244 g/mol. The van der Waals surface area contributed by atoms with Crippen molar-refractivity contribution in [3.05, 3.63) is 41.7 Å². The van der Waals surface area contributed by atoms with Gasteiger partial charge in [0.25, 0.3) is 5.91 Å². The summed E-state index contributed by atoms with van der Waals surface area (Å²) in [4.78, 5) is 11.7. The Kier molecular flexibility index (Phi) is 4.12. The number of ether oxygens (including phenoxy) is 1. The van der Waals surface area contributed by atoms with Gasteiger partial charge in [-0.3, -0.25) is 9.48 Å². The number of aromatic nitrogens is 3. The van der Waals surface area contributed by atoms with Crippen LogP contribution in [0.2, 0.25) is 0 Å². The molecule has 0 fully saturated rings. The van der Waals surface area contributed by atoms with E-state index in [1.807, 2.05) is 24.3 Å². The van der Waals surface area contributed by atoms with E-state index in [2.05, 4.69) is 15.6 Å². The van der Waals surface area contributed by atoms with E-state index in [9.17, 15) is 4.79 Å². The number of carbonyl (C=O) groups excluding carboxylic acids is 1. The van der Waals surface area contributed by atoms with E-state index < -0.39 is 0 Å². The molecule has 0 aliphatic rings. The van der Waals surface area contributed by atoms with Crippen LogP contribution in [0.1, 0.15) is 16.1 Å². The van der Waals surface area contributed by atoms with Gasteiger partial charge in [0.1, 0.15) is 5.75 Å². The lowest BCUT2D eigenvalue weighted by molar-refractivity contribution is 0.0949. The number of nitrogens with zero attached hydrogens (tertiary/aromatic N) is 3. The maximum Gasteiger partial charge on any atom is 0.273 e. The Hall–Kier alpha value is -2.37. The topological polar surface area (TPSA) is 69.0 Å². The van der Waals surface area contributed by atoms with E-state index in [1.165, 1.54) is 4.68 Å². The second-order valence-corrected chi connectivity index (χ2v) is 4.13. The predicted octanol–water partition coefficient (Wildman–Crippen LogP) is 0.796. The minimum absolute atomic E-state index is 0.207. The normalized spacial score (nSPS) is 10.2. The maximum atomic E-state index is 11.7. The van der Waals surface area contributed by atoms with Crippen LogP contribution in [0.15, 0.2) is 30.5 Å². The molecule has 0 unspecified atom stereocenters. The van der Waals surface area contributed by atoms with Crippen molar-refractivity contribution in [3.8, 4) is 5.75 Å². The largest absolute Gasteiger partial charge is 0.497 e. The summed E-state index contributed by atoms with van der Waals surface area (Å²) in [6.45, 7) is 0.557. The highest BCUT2D eigenvalue weighted by atomic mass is 16.5. The van der Waals surface area contributed by atoms with Gasteiger partial charge in [0.15, 0.2) is 5.69 Å². The number of nitrogens with one attached hydrogen (secondary N) is 1. The number of carbonyl (C=O) groups is 1. The highest BCUT2D eigenvalue weighted by Gasteiger charge is 2.08. The van der Waals surface area contributed by atoms with Crippen LogP contribution in [0.4, 0.5) is 0 Å². The average Bonchev–Trinajstić information content (AvgIpc) is 2.86. The smallest absolute Gasteiger partial charge is 0.273 e. The number of methoxy groups -OCH3 is 1. The minimum Gasteiger partial charge on any atom is -0.497 e. The molecule has 6 heteroatoms. The van der Waals surface area contributed by atoms with Gasteiger partial charge in [0.2, 0.25) is 0 Å². The summed E-state index contributed by atoms with van der Waals surface area (Å²) in [5, 5.41) is 10.3. The molecular formula is C13H16N4O2. The van der Waals surface area contributed by atoms with Crippen molar-refractivity contribution < 1.29 is 9.53 Å². The Morgan fingerprint density at radius 3 is 2.68 bits per heavy atom. The molecule has 1 N–H and O–H groups in total. The van der Waals surface area contributed by atoms with Crippen molar-refractivity contribution in [2.24, 2.45) is 7.05 Å². The third-order valence-corrected chi connectivity index (χ3v) is 2.69. The monoisotopic (exact) mass is 260 g/mol. The van der Waals surface area contributed by atoms with Crippen LogP contribution in [-0.4, -0.2) is 34.6 Å². The maximum absolute atomic E-state index is 11.7. The van der Waals surface area contributed by atoms with Crippen molar-refractivity contribution in [2.75, 3.05) is 13.7 Å². The molecule has 0 aliphatic carbocycles. The van der Waals surface area contributed by atoms with Crippen LogP contribution in [0, 0.1) is 0 Å². The van der Waals surface area contributed by atoms with Gasteiger partial charge in [0.05, 0.1) is 13.3 Å². The SMILES string of the molecule is COc1ccc(CCNC(=O)c2cn(C)nn2)cc1. The molecule has 2 aromatic rings. The Labute approximate surface area is 111 Å². The van der Waals surface area contributed by atoms with Crippen LogP contribution in [0.3, 0.4) is 0 Å². The van der Waals surface area contributed by atoms with E-state index in [-0.39, 0.29) is 5.91 Å². The van der Waals surface area contributed by atoms with Gasteiger partial charge in [0, 0.05) is 13.6 Å². The van der Waals surface area contributed by atoms with Gasteiger partial charge in [-0.1, -0.05) is 17.3 Å². The Morgan fingerprint density at radius 2 is 2.11 bits per heavy atom. The highest BCUT2D eigenvalue weighted by Crippen LogP contribution is 2.11. The minimum atomic E-state index is -0.207. The van der Waals surface area contributed by atoms with Crippen LogP contribution in [-0.2, 0) is 13.5 Å². The molecule has 2 rings (SSSR count). The Balaban J connectivity index is 1.81. The number of hydrogen-bond donors (Lipinski definition) is 1. The van der Waals surface area contributed by atoms with Crippen LogP contribution in [0.5, 0.6) is 5.75 Å². The molecule has 19 heavy (non-hydrogen) atoms. The molecule has 0 radical (unpaired) electrons. The number of aryl methyl sites for hydroxylation is 1. The van der Waals surface area contributed by atoms with Crippen LogP contribution < -0.4 is 10.1 Å². The summed E-state index contributed by atoms with van der Waals surface area (Å²) in [6.07, 6.45) is 2.35. The first kappa shape index (κ1) is 13.1. The quantitative estimate of drug-likeness (QED) is 0.863. The second-order valence-electron chi connectivity index (χ2n) is 4.13. The number of rotatable bonds is 5. The van der Waals surface area contributed by atoms with Crippen molar-refractivity contribution in [1.29, 1.82) is 0 Å². The molecule has 1 heterocycles. The summed E-state index contributed by atoms with van der Waals surface area (Å²) in [7, 11) is 3.36. The standard InChI is InChI=1S/C13H16N4O2/c1-17-9-12(15-16-17)13(18)14-8-7-10-3-5-11(19-2)6-4-10/h3-6,9H,7-8H2,1-2H3,(H,14,18). The number of benzene rings is 1. The lowest BCUT2D eigenvalue weighted by atomic mass is 10.1. The molecule has 6 nitrogen and oxygen atoms in total. The summed E-state index contributed by atoms with van der Waals surface area (Å²) in [5.74, 6) is 0.619. The zero-order valence-corrected chi connectivity index (χ0v) is 11.0.